The topological polar surface area (TPSA) is 0 Å². The standard InChI is InChI=1S/C25H44S/c1-5-6-8-13-22(2)14-11-15-23(3)16-12-17-24(4)20-21-26-25-18-9-7-10-19-25/h7,9-10,18-19,22-24H,5-6,8,11-17,20-21H2,1-4H3. The maximum Gasteiger partial charge on any atom is 0.00719 e. The fourth-order valence-electron chi connectivity index (χ4n) is 3.70. The van der Waals surface area contributed by atoms with Gasteiger partial charge in [-0.25, -0.2) is 0 Å². The lowest BCUT2D eigenvalue weighted by Gasteiger charge is -2.16. The number of thioether (sulfide) groups is 1. The lowest BCUT2D eigenvalue weighted by Crippen LogP contribution is -2.01. The molecule has 0 spiro atoms. The zero-order valence-electron chi connectivity index (χ0n) is 18.0. The van der Waals surface area contributed by atoms with Gasteiger partial charge in [0.1, 0.15) is 0 Å². The summed E-state index contributed by atoms with van der Waals surface area (Å²) in [5.74, 6) is 3.99. The fourth-order valence-corrected chi connectivity index (χ4v) is 4.81. The molecule has 3 unspecified atom stereocenters. The van der Waals surface area contributed by atoms with Crippen molar-refractivity contribution in [2.75, 3.05) is 5.75 Å². The van der Waals surface area contributed by atoms with Crippen LogP contribution in [-0.2, 0) is 0 Å². The minimum Gasteiger partial charge on any atom is -0.126 e. The molecule has 0 aliphatic heterocycles. The Labute approximate surface area is 168 Å². The Morgan fingerprint density at radius 1 is 0.654 bits per heavy atom. The number of hydrogen-bond acceptors (Lipinski definition) is 1. The number of benzene rings is 1. The van der Waals surface area contributed by atoms with Gasteiger partial charge in [0.25, 0.3) is 0 Å². The fraction of sp³-hybridized carbons (Fsp3) is 0.760. The molecule has 26 heavy (non-hydrogen) atoms. The summed E-state index contributed by atoms with van der Waals surface area (Å²) in [5, 5.41) is 0. The van der Waals surface area contributed by atoms with Gasteiger partial charge in [-0.1, -0.05) is 110 Å². The van der Waals surface area contributed by atoms with Gasteiger partial charge < -0.3 is 0 Å². The molecular formula is C25H44S. The SMILES string of the molecule is CCCCCC(C)CCCC(C)CCCC(C)CCSc1ccccc1. The Morgan fingerprint density at radius 3 is 1.69 bits per heavy atom. The molecule has 0 saturated carbocycles. The molecule has 0 heterocycles. The maximum absolute atomic E-state index is 2.47. The molecular weight excluding hydrogens is 332 g/mol. The summed E-state index contributed by atoms with van der Waals surface area (Å²) in [4.78, 5) is 1.41. The van der Waals surface area contributed by atoms with E-state index in [1.807, 2.05) is 11.8 Å². The van der Waals surface area contributed by atoms with Crippen LogP contribution >= 0.6 is 11.8 Å². The number of hydrogen-bond donors (Lipinski definition) is 0. The summed E-state index contributed by atoms with van der Waals surface area (Å²) in [6.45, 7) is 9.66. The lowest BCUT2D eigenvalue weighted by atomic mass is 9.91. The summed E-state index contributed by atoms with van der Waals surface area (Å²) in [6.07, 6.45) is 15.6. The monoisotopic (exact) mass is 376 g/mol. The lowest BCUT2D eigenvalue weighted by molar-refractivity contribution is 0.381. The van der Waals surface area contributed by atoms with E-state index in [9.17, 15) is 0 Å². The summed E-state index contributed by atoms with van der Waals surface area (Å²) in [7, 11) is 0. The van der Waals surface area contributed by atoms with Crippen molar-refractivity contribution in [2.45, 2.75) is 103 Å². The first kappa shape index (κ1) is 23.6. The van der Waals surface area contributed by atoms with Crippen molar-refractivity contribution in [1.29, 1.82) is 0 Å². The average Bonchev–Trinajstić information content (AvgIpc) is 2.63. The van der Waals surface area contributed by atoms with Crippen molar-refractivity contribution in [3.63, 3.8) is 0 Å². The minimum atomic E-state index is 0.872. The van der Waals surface area contributed by atoms with Crippen LogP contribution in [0, 0.1) is 17.8 Å². The van der Waals surface area contributed by atoms with Crippen LogP contribution in [0.1, 0.15) is 98.3 Å². The predicted molar refractivity (Wildman–Crippen MR) is 121 cm³/mol. The molecule has 150 valence electrons. The van der Waals surface area contributed by atoms with Crippen LogP contribution in [0.25, 0.3) is 0 Å². The molecule has 0 nitrogen and oxygen atoms in total. The molecule has 0 aromatic heterocycles. The van der Waals surface area contributed by atoms with E-state index in [4.69, 9.17) is 0 Å². The summed E-state index contributed by atoms with van der Waals surface area (Å²) < 4.78 is 0. The van der Waals surface area contributed by atoms with Gasteiger partial charge in [-0.3, -0.25) is 0 Å². The molecule has 0 N–H and O–H groups in total. The van der Waals surface area contributed by atoms with Crippen molar-refractivity contribution in [1.82, 2.24) is 0 Å². The highest BCUT2D eigenvalue weighted by atomic mass is 32.2. The molecule has 3 atom stereocenters. The van der Waals surface area contributed by atoms with Crippen LogP contribution in [0.3, 0.4) is 0 Å². The molecule has 1 rings (SSSR count). The number of unbranched alkanes of at least 4 members (excludes halogenated alkanes) is 2. The minimum absolute atomic E-state index is 0.872. The van der Waals surface area contributed by atoms with Crippen LogP contribution < -0.4 is 0 Å². The molecule has 1 heteroatoms. The van der Waals surface area contributed by atoms with E-state index in [0.29, 0.717) is 0 Å². The largest absolute Gasteiger partial charge is 0.126 e. The first-order chi connectivity index (χ1) is 12.6. The second-order valence-electron chi connectivity index (χ2n) is 8.62. The Bertz CT molecular complexity index is 413. The predicted octanol–water partition coefficient (Wildman–Crippen LogP) is 9.00. The van der Waals surface area contributed by atoms with Crippen LogP contribution in [0.2, 0.25) is 0 Å². The third-order valence-electron chi connectivity index (χ3n) is 5.71. The number of rotatable bonds is 16. The van der Waals surface area contributed by atoms with Crippen molar-refractivity contribution in [2.24, 2.45) is 17.8 Å². The molecule has 0 bridgehead atoms. The van der Waals surface area contributed by atoms with Gasteiger partial charge in [0, 0.05) is 4.90 Å². The molecule has 1 aromatic rings. The van der Waals surface area contributed by atoms with E-state index in [2.05, 4.69) is 58.0 Å². The smallest absolute Gasteiger partial charge is 0.00719 e. The molecule has 0 fully saturated rings. The third kappa shape index (κ3) is 12.8. The first-order valence-corrected chi connectivity index (χ1v) is 12.3. The van der Waals surface area contributed by atoms with Crippen LogP contribution in [-0.4, -0.2) is 5.75 Å². The molecule has 0 aliphatic carbocycles. The Hall–Kier alpha value is -0.430. The van der Waals surface area contributed by atoms with Gasteiger partial charge in [0.15, 0.2) is 0 Å². The second kappa shape index (κ2) is 15.6. The third-order valence-corrected chi connectivity index (χ3v) is 6.76. The summed E-state index contributed by atoms with van der Waals surface area (Å²) in [5.41, 5.74) is 0. The van der Waals surface area contributed by atoms with E-state index in [-0.39, 0.29) is 0 Å². The van der Waals surface area contributed by atoms with E-state index in [1.165, 1.54) is 81.3 Å². The Kier molecular flexibility index (Phi) is 14.2. The maximum atomic E-state index is 2.47. The van der Waals surface area contributed by atoms with Crippen LogP contribution in [0.5, 0.6) is 0 Å². The van der Waals surface area contributed by atoms with Crippen molar-refractivity contribution >= 4 is 11.8 Å². The quantitative estimate of drug-likeness (QED) is 0.205. The van der Waals surface area contributed by atoms with Crippen molar-refractivity contribution in [3.8, 4) is 0 Å². The molecule has 0 aliphatic rings. The zero-order chi connectivity index (χ0) is 19.0. The molecule has 0 saturated heterocycles. The summed E-state index contributed by atoms with van der Waals surface area (Å²) in [6, 6.07) is 10.8. The van der Waals surface area contributed by atoms with Gasteiger partial charge in [0.05, 0.1) is 0 Å². The van der Waals surface area contributed by atoms with Gasteiger partial charge in [-0.2, -0.15) is 0 Å². The van der Waals surface area contributed by atoms with E-state index in [1.54, 1.807) is 0 Å². The highest BCUT2D eigenvalue weighted by Gasteiger charge is 2.08. The highest BCUT2D eigenvalue weighted by molar-refractivity contribution is 7.99. The zero-order valence-corrected chi connectivity index (χ0v) is 18.8. The van der Waals surface area contributed by atoms with E-state index >= 15 is 0 Å². The van der Waals surface area contributed by atoms with Gasteiger partial charge in [-0.05, 0) is 42.1 Å². The van der Waals surface area contributed by atoms with E-state index < -0.39 is 0 Å². The van der Waals surface area contributed by atoms with Gasteiger partial charge in [-0.15, -0.1) is 11.8 Å². The van der Waals surface area contributed by atoms with E-state index in [0.717, 1.165) is 17.8 Å². The van der Waals surface area contributed by atoms with Gasteiger partial charge in [0.2, 0.25) is 0 Å². The Balaban J connectivity index is 1.96. The van der Waals surface area contributed by atoms with Crippen molar-refractivity contribution in [3.05, 3.63) is 30.3 Å². The summed E-state index contributed by atoms with van der Waals surface area (Å²) >= 11 is 2.01. The van der Waals surface area contributed by atoms with Crippen molar-refractivity contribution < 1.29 is 0 Å². The molecule has 0 radical (unpaired) electrons. The van der Waals surface area contributed by atoms with Crippen LogP contribution in [0.15, 0.2) is 35.2 Å². The normalized spacial score (nSPS) is 14.9. The van der Waals surface area contributed by atoms with Gasteiger partial charge >= 0.3 is 0 Å². The molecule has 1 aromatic carbocycles. The second-order valence-corrected chi connectivity index (χ2v) is 9.79. The Morgan fingerprint density at radius 2 is 1.15 bits per heavy atom. The highest BCUT2D eigenvalue weighted by Crippen LogP contribution is 2.24. The average molecular weight is 377 g/mol. The van der Waals surface area contributed by atoms with Crippen LogP contribution in [0.4, 0.5) is 0 Å². The first-order valence-electron chi connectivity index (χ1n) is 11.3. The molecule has 0 amide bonds.